The van der Waals surface area contributed by atoms with Crippen LogP contribution in [0.3, 0.4) is 0 Å². The van der Waals surface area contributed by atoms with Gasteiger partial charge in [-0.2, -0.15) is 18.3 Å². The van der Waals surface area contributed by atoms with E-state index in [0.717, 1.165) is 10.2 Å². The third-order valence-electron chi connectivity index (χ3n) is 5.84. The van der Waals surface area contributed by atoms with Crippen LogP contribution in [0.2, 0.25) is 0 Å². The number of carbonyl (C=O) groups excluding carboxylic acids is 1. The molecule has 1 aliphatic rings. The summed E-state index contributed by atoms with van der Waals surface area (Å²) >= 11 is 0. The average Bonchev–Trinajstić information content (AvgIpc) is 3.30. The predicted octanol–water partition coefficient (Wildman–Crippen LogP) is 4.50. The average molecular weight is 490 g/mol. The highest BCUT2D eigenvalue weighted by atomic mass is 19.4. The predicted molar refractivity (Wildman–Crippen MR) is 122 cm³/mol. The first kappa shape index (κ1) is 24.2. The maximum Gasteiger partial charge on any atom is 0.410 e. The molecule has 8 nitrogen and oxygen atoms in total. The summed E-state index contributed by atoms with van der Waals surface area (Å²) in [4.78, 5) is 12.7. The number of methoxy groups -OCH3 is 3. The first-order chi connectivity index (χ1) is 16.7. The van der Waals surface area contributed by atoms with Crippen molar-refractivity contribution in [1.29, 1.82) is 0 Å². The van der Waals surface area contributed by atoms with Crippen molar-refractivity contribution in [2.75, 3.05) is 26.6 Å². The van der Waals surface area contributed by atoms with Crippen LogP contribution in [0, 0.1) is 0 Å². The highest BCUT2D eigenvalue weighted by Gasteiger charge is 2.47. The first-order valence-electron chi connectivity index (χ1n) is 10.8. The van der Waals surface area contributed by atoms with Gasteiger partial charge in [0.05, 0.1) is 27.4 Å². The Morgan fingerprint density at radius 2 is 1.77 bits per heavy atom. The number of amides is 1. The molecule has 0 bridgehead atoms. The van der Waals surface area contributed by atoms with Crippen molar-refractivity contribution in [3.8, 4) is 17.2 Å². The highest BCUT2D eigenvalue weighted by molar-refractivity contribution is 5.93. The van der Waals surface area contributed by atoms with Crippen molar-refractivity contribution >= 4 is 11.7 Å². The molecule has 0 saturated carbocycles. The summed E-state index contributed by atoms with van der Waals surface area (Å²) in [6, 6.07) is 10.8. The molecule has 0 spiro atoms. The molecule has 1 aromatic heterocycles. The minimum absolute atomic E-state index is 0.105. The zero-order chi connectivity index (χ0) is 25.2. The maximum absolute atomic E-state index is 14.0. The van der Waals surface area contributed by atoms with E-state index in [9.17, 15) is 18.0 Å². The Morgan fingerprint density at radius 3 is 2.40 bits per heavy atom. The first-order valence-corrected chi connectivity index (χ1v) is 10.8. The molecule has 35 heavy (non-hydrogen) atoms. The number of halogens is 3. The molecule has 0 unspecified atom stereocenters. The Hall–Kier alpha value is -3.89. The second-order valence-corrected chi connectivity index (χ2v) is 7.99. The van der Waals surface area contributed by atoms with Crippen molar-refractivity contribution in [2.45, 2.75) is 31.2 Å². The van der Waals surface area contributed by atoms with Gasteiger partial charge in [-0.15, -0.1) is 0 Å². The van der Waals surface area contributed by atoms with E-state index in [1.807, 2.05) is 0 Å². The van der Waals surface area contributed by atoms with Crippen molar-refractivity contribution in [1.82, 2.24) is 15.1 Å². The highest BCUT2D eigenvalue weighted by Crippen LogP contribution is 2.44. The van der Waals surface area contributed by atoms with Crippen LogP contribution in [0.4, 0.5) is 19.0 Å². The van der Waals surface area contributed by atoms with E-state index in [-0.39, 0.29) is 24.5 Å². The molecule has 2 aromatic carbocycles. The molecule has 2 atom stereocenters. The molecular weight excluding hydrogens is 465 g/mol. The van der Waals surface area contributed by atoms with Gasteiger partial charge >= 0.3 is 6.18 Å². The lowest BCUT2D eigenvalue weighted by Crippen LogP contribution is -2.35. The van der Waals surface area contributed by atoms with E-state index >= 15 is 0 Å². The van der Waals surface area contributed by atoms with Gasteiger partial charge in [-0.1, -0.05) is 18.2 Å². The van der Waals surface area contributed by atoms with Crippen LogP contribution in [0.25, 0.3) is 0 Å². The Kier molecular flexibility index (Phi) is 6.77. The van der Waals surface area contributed by atoms with Gasteiger partial charge in [0, 0.05) is 19.0 Å². The Bertz CT molecular complexity index is 1190. The van der Waals surface area contributed by atoms with E-state index in [1.165, 1.54) is 20.3 Å². The van der Waals surface area contributed by atoms with Gasteiger partial charge in [0.25, 0.3) is 5.91 Å². The van der Waals surface area contributed by atoms with Gasteiger partial charge in [-0.3, -0.25) is 4.79 Å². The van der Waals surface area contributed by atoms with Crippen molar-refractivity contribution in [3.05, 3.63) is 65.4 Å². The minimum atomic E-state index is -4.56. The Morgan fingerprint density at radius 1 is 1.06 bits per heavy atom. The molecule has 2 N–H and O–H groups in total. The van der Waals surface area contributed by atoms with Crippen LogP contribution in [0.1, 0.15) is 40.1 Å². The Labute approximate surface area is 200 Å². The number of rotatable bonds is 7. The number of carbonyl (C=O) groups is 1. The number of nitrogens with zero attached hydrogens (tertiary/aromatic N) is 2. The van der Waals surface area contributed by atoms with Gasteiger partial charge in [-0.05, 0) is 35.4 Å². The molecule has 0 saturated heterocycles. The number of alkyl halides is 3. The van der Waals surface area contributed by atoms with Crippen molar-refractivity contribution in [2.24, 2.45) is 0 Å². The van der Waals surface area contributed by atoms with Gasteiger partial charge in [-0.25, -0.2) is 4.68 Å². The number of aromatic nitrogens is 2. The number of hydrogen-bond acceptors (Lipinski definition) is 6. The lowest BCUT2D eigenvalue weighted by molar-refractivity contribution is -0.173. The fourth-order valence-electron chi connectivity index (χ4n) is 3.99. The number of fused-ring (bicyclic) bond motifs is 1. The third kappa shape index (κ3) is 5.13. The number of nitrogens with one attached hydrogen (secondary N) is 2. The number of benzene rings is 2. The monoisotopic (exact) mass is 490 g/mol. The normalized spacial score (nSPS) is 17.2. The van der Waals surface area contributed by atoms with E-state index in [0.29, 0.717) is 22.8 Å². The van der Waals surface area contributed by atoms with Crippen LogP contribution in [0.5, 0.6) is 17.2 Å². The standard InChI is InChI=1S/C24H25F3N4O4/c1-33-16-7-4-14(5-8-16)13-28-23(32)18-12-22-29-17(11-21(24(25,26)27)31(22)30-18)15-6-9-19(34-2)20(10-15)35-3/h4-10,12,17,21,29H,11,13H2,1-3H3,(H,28,32)/t17-,21+/m1/s1. The number of anilines is 1. The third-order valence-corrected chi connectivity index (χ3v) is 5.84. The van der Waals surface area contributed by atoms with Crippen molar-refractivity contribution < 1.29 is 32.2 Å². The maximum atomic E-state index is 14.0. The second-order valence-electron chi connectivity index (χ2n) is 7.99. The van der Waals surface area contributed by atoms with Gasteiger partial charge in [0.2, 0.25) is 0 Å². The topological polar surface area (TPSA) is 86.6 Å². The lowest BCUT2D eigenvalue weighted by atomic mass is 9.96. The van der Waals surface area contributed by atoms with Crippen LogP contribution >= 0.6 is 0 Å². The molecular formula is C24H25F3N4O4. The van der Waals surface area contributed by atoms with E-state index < -0.39 is 24.2 Å². The molecule has 4 rings (SSSR count). The quantitative estimate of drug-likeness (QED) is 0.507. The fraction of sp³-hybridized carbons (Fsp3) is 0.333. The largest absolute Gasteiger partial charge is 0.497 e. The van der Waals surface area contributed by atoms with Gasteiger partial charge in [0.15, 0.2) is 23.2 Å². The summed E-state index contributed by atoms with van der Waals surface area (Å²) in [6.07, 6.45) is -4.87. The van der Waals surface area contributed by atoms with Gasteiger partial charge < -0.3 is 24.8 Å². The molecule has 1 amide bonds. The summed E-state index contributed by atoms with van der Waals surface area (Å²) in [5.74, 6) is 1.09. The van der Waals surface area contributed by atoms with Crippen LogP contribution in [0.15, 0.2) is 48.5 Å². The van der Waals surface area contributed by atoms with E-state index in [4.69, 9.17) is 14.2 Å². The minimum Gasteiger partial charge on any atom is -0.497 e. The van der Waals surface area contributed by atoms with Crippen LogP contribution in [-0.2, 0) is 6.54 Å². The zero-order valence-electron chi connectivity index (χ0n) is 19.3. The molecule has 2 heterocycles. The van der Waals surface area contributed by atoms with E-state index in [2.05, 4.69) is 15.7 Å². The number of ether oxygens (including phenoxy) is 3. The fourth-order valence-corrected chi connectivity index (χ4v) is 3.99. The number of hydrogen-bond donors (Lipinski definition) is 2. The molecule has 0 aliphatic carbocycles. The summed E-state index contributed by atoms with van der Waals surface area (Å²) in [6.45, 7) is 0.190. The van der Waals surface area contributed by atoms with Crippen molar-refractivity contribution in [3.63, 3.8) is 0 Å². The molecule has 3 aromatic rings. The van der Waals surface area contributed by atoms with Crippen LogP contribution in [-0.4, -0.2) is 43.2 Å². The Balaban J connectivity index is 1.56. The zero-order valence-corrected chi connectivity index (χ0v) is 19.3. The molecule has 0 fully saturated rings. The van der Waals surface area contributed by atoms with Gasteiger partial charge in [0.1, 0.15) is 11.6 Å². The lowest BCUT2D eigenvalue weighted by Gasteiger charge is -2.33. The summed E-state index contributed by atoms with van der Waals surface area (Å²) in [5, 5.41) is 9.75. The summed E-state index contributed by atoms with van der Waals surface area (Å²) in [5.41, 5.74) is 1.29. The smallest absolute Gasteiger partial charge is 0.410 e. The van der Waals surface area contributed by atoms with E-state index in [1.54, 1.807) is 49.6 Å². The molecule has 0 radical (unpaired) electrons. The summed E-state index contributed by atoms with van der Waals surface area (Å²) in [7, 11) is 4.49. The molecule has 1 aliphatic heterocycles. The van der Waals surface area contributed by atoms with Crippen LogP contribution < -0.4 is 24.8 Å². The molecule has 186 valence electrons. The molecule has 11 heteroatoms. The SMILES string of the molecule is COc1ccc(CNC(=O)c2cc3n(n2)[C@H](C(F)(F)F)C[C@H](c2ccc(OC)c(OC)c2)N3)cc1. The summed E-state index contributed by atoms with van der Waals surface area (Å²) < 4.78 is 58.4. The second kappa shape index (κ2) is 9.77.